The summed E-state index contributed by atoms with van der Waals surface area (Å²) in [7, 11) is 1.04. The molecule has 7 N–H and O–H groups in total. The number of aliphatic hydroxyl groups is 1. The van der Waals surface area contributed by atoms with E-state index in [1.165, 1.54) is 26.3 Å². The highest BCUT2D eigenvalue weighted by Gasteiger charge is 2.36. The Balaban J connectivity index is 2.66. The van der Waals surface area contributed by atoms with Crippen molar-refractivity contribution in [2.24, 2.45) is 23.3 Å². The summed E-state index contributed by atoms with van der Waals surface area (Å²) in [4.78, 5) is 74.8. The van der Waals surface area contributed by atoms with Gasteiger partial charge in [0, 0.05) is 25.0 Å². The normalized spacial score (nSPS) is 15.0. The van der Waals surface area contributed by atoms with Gasteiger partial charge in [0.1, 0.15) is 18.4 Å². The third-order valence-corrected chi connectivity index (χ3v) is 7.09. The summed E-state index contributed by atoms with van der Waals surface area (Å²) in [6, 6.07) is 4.97. The Hall–Kier alpha value is -3.88. The Kier molecular flexibility index (Phi) is 17.5. The van der Waals surface area contributed by atoms with E-state index in [0.29, 0.717) is 17.6 Å². The number of benzene rings is 1. The van der Waals surface area contributed by atoms with E-state index in [0.717, 1.165) is 32.8 Å². The molecule has 0 aromatic heterocycles. The number of carbonyl (C=O) groups is 6. The summed E-state index contributed by atoms with van der Waals surface area (Å²) in [6.45, 7) is 3.21. The number of aryl methyl sites for hydroxylation is 1. The molecule has 0 spiro atoms. The van der Waals surface area contributed by atoms with Crippen molar-refractivity contribution in [3.05, 3.63) is 35.9 Å². The molecule has 1 aromatic carbocycles. The first kappa shape index (κ1) is 38.1. The van der Waals surface area contributed by atoms with Gasteiger partial charge in [0.05, 0.1) is 25.8 Å². The number of methoxy groups -OCH3 is 1. The molecule has 1 aromatic rings. The summed E-state index contributed by atoms with van der Waals surface area (Å²) in [6.07, 6.45) is 3.78. The minimum absolute atomic E-state index is 0.117. The van der Waals surface area contributed by atoms with Gasteiger partial charge in [-0.25, -0.2) is 14.5 Å². The van der Waals surface area contributed by atoms with E-state index >= 15 is 0 Å². The lowest BCUT2D eigenvalue weighted by molar-refractivity contribution is -0.150. The zero-order valence-corrected chi connectivity index (χ0v) is 25.9. The number of aldehydes is 1. The number of imide groups is 1. The van der Waals surface area contributed by atoms with Crippen molar-refractivity contribution in [3.63, 3.8) is 0 Å². The van der Waals surface area contributed by atoms with Crippen molar-refractivity contribution in [2.45, 2.75) is 77.0 Å². The maximum atomic E-state index is 12.9. The number of hydrogen-bond acceptors (Lipinski definition) is 11. The molecule has 0 aliphatic rings. The largest absolute Gasteiger partial charge is 0.464 e. The third kappa shape index (κ3) is 12.4. The van der Waals surface area contributed by atoms with Crippen molar-refractivity contribution < 1.29 is 43.3 Å². The number of amides is 4. The highest BCUT2D eigenvalue weighted by molar-refractivity contribution is 5.99. The van der Waals surface area contributed by atoms with Gasteiger partial charge < -0.3 is 41.5 Å². The lowest BCUT2D eigenvalue weighted by atomic mass is 9.98. The highest BCUT2D eigenvalue weighted by Crippen LogP contribution is 2.11. The molecule has 0 saturated heterocycles. The first-order chi connectivity index (χ1) is 20.9. The van der Waals surface area contributed by atoms with Crippen LogP contribution in [0.1, 0.15) is 52.0 Å². The highest BCUT2D eigenvalue weighted by atomic mass is 16.5. The lowest BCUT2D eigenvalue weighted by Gasteiger charge is -2.28. The Morgan fingerprint density at radius 2 is 1.61 bits per heavy atom. The molecule has 0 saturated carbocycles. The summed E-state index contributed by atoms with van der Waals surface area (Å²) < 4.78 is 9.89. The van der Waals surface area contributed by atoms with Gasteiger partial charge in [-0.15, -0.1) is 0 Å². The molecule has 1 rings (SSSR count). The van der Waals surface area contributed by atoms with Crippen molar-refractivity contribution >= 4 is 36.1 Å². The number of rotatable bonds is 19. The second kappa shape index (κ2) is 20.1. The van der Waals surface area contributed by atoms with Crippen LogP contribution in [0.25, 0.3) is 0 Å². The van der Waals surface area contributed by atoms with Crippen LogP contribution in [-0.2, 0) is 39.9 Å². The van der Waals surface area contributed by atoms with Crippen molar-refractivity contribution in [1.29, 1.82) is 0 Å². The predicted octanol–water partition coefficient (Wildman–Crippen LogP) is 0.0352. The van der Waals surface area contributed by atoms with Gasteiger partial charge in [-0.1, -0.05) is 50.1 Å². The zero-order chi connectivity index (χ0) is 33.2. The van der Waals surface area contributed by atoms with Crippen LogP contribution >= 0.6 is 0 Å². The lowest BCUT2D eigenvalue weighted by Crippen LogP contribution is -2.57. The minimum atomic E-state index is -1.41. The number of esters is 1. The van der Waals surface area contributed by atoms with E-state index in [-0.39, 0.29) is 13.2 Å². The Morgan fingerprint density at radius 1 is 0.977 bits per heavy atom. The number of nitrogens with one attached hydrogen (secondary N) is 2. The monoisotopic (exact) mass is 621 g/mol. The molecule has 0 aliphatic carbocycles. The Bertz CT molecular complexity index is 1090. The second-order valence-corrected chi connectivity index (χ2v) is 10.7. The van der Waals surface area contributed by atoms with E-state index in [1.807, 2.05) is 18.2 Å². The molecule has 246 valence electrons. The summed E-state index contributed by atoms with van der Waals surface area (Å²) in [5.41, 5.74) is 12.9. The van der Waals surface area contributed by atoms with E-state index in [2.05, 4.69) is 27.5 Å². The van der Waals surface area contributed by atoms with E-state index < -0.39 is 72.4 Å². The molecular weight excluding hydrogens is 574 g/mol. The number of hydrogen-bond donors (Lipinski definition) is 5. The fourth-order valence-corrected chi connectivity index (χ4v) is 4.20. The van der Waals surface area contributed by atoms with Crippen molar-refractivity contribution in [2.75, 3.05) is 26.9 Å². The number of unbranched alkanes of at least 4 members (excludes halogenated alkanes) is 3. The molecule has 0 bridgehead atoms. The minimum Gasteiger partial charge on any atom is -0.464 e. The van der Waals surface area contributed by atoms with E-state index in [4.69, 9.17) is 16.2 Å². The molecule has 44 heavy (non-hydrogen) atoms. The van der Waals surface area contributed by atoms with E-state index in [9.17, 15) is 33.9 Å². The molecule has 0 aliphatic heterocycles. The molecule has 6 atom stereocenters. The number of ether oxygens (including phenoxy) is 2. The average molecular weight is 622 g/mol. The van der Waals surface area contributed by atoms with Gasteiger partial charge in [0.2, 0.25) is 17.7 Å². The predicted molar refractivity (Wildman–Crippen MR) is 161 cm³/mol. The molecule has 0 radical (unpaired) electrons. The quantitative estimate of drug-likeness (QED) is 0.0788. The SMILES string of the molecule is COC(=O)N(C(=O)[C@H](C)N)[C@@H](C)C(=O)NCC(CO)C(N)C(=O)NC(C(=O)OCCCCCCc1ccccc1)C(C)C=O. The fraction of sp³-hybridized carbons (Fsp3) is 0.600. The van der Waals surface area contributed by atoms with Crippen LogP contribution in [0.3, 0.4) is 0 Å². The van der Waals surface area contributed by atoms with Gasteiger partial charge in [0.15, 0.2) is 0 Å². The van der Waals surface area contributed by atoms with Crippen LogP contribution in [0, 0.1) is 11.8 Å². The van der Waals surface area contributed by atoms with Gasteiger partial charge in [-0.05, 0) is 38.7 Å². The van der Waals surface area contributed by atoms with Gasteiger partial charge in [0.25, 0.3) is 0 Å². The summed E-state index contributed by atoms with van der Waals surface area (Å²) >= 11 is 0. The van der Waals surface area contributed by atoms with Crippen LogP contribution in [0.5, 0.6) is 0 Å². The van der Waals surface area contributed by atoms with Crippen LogP contribution < -0.4 is 22.1 Å². The van der Waals surface area contributed by atoms with Crippen molar-refractivity contribution in [1.82, 2.24) is 15.5 Å². The standard InChI is InChI=1S/C30H47N5O9/c1-19(17-36)25(29(41)44-15-11-6-5-8-12-22-13-9-7-10-14-22)34-27(39)24(32)23(18-37)16-33-26(38)21(3)35(30(42)43-4)28(40)20(2)31/h7,9-10,13-14,17,19-21,23-25,37H,5-6,8,11-12,15-16,18,31-32H2,1-4H3,(H,33,38)(H,34,39)/t19?,20-,21-,23?,24?,25?/m0/s1. The summed E-state index contributed by atoms with van der Waals surface area (Å²) in [5.74, 6) is -5.25. The first-order valence-corrected chi connectivity index (χ1v) is 14.7. The van der Waals surface area contributed by atoms with Gasteiger partial charge in [-0.3, -0.25) is 14.4 Å². The first-order valence-electron chi connectivity index (χ1n) is 14.7. The van der Waals surface area contributed by atoms with Gasteiger partial charge >= 0.3 is 12.1 Å². The van der Waals surface area contributed by atoms with Crippen molar-refractivity contribution in [3.8, 4) is 0 Å². The zero-order valence-electron chi connectivity index (χ0n) is 25.9. The van der Waals surface area contributed by atoms with Crippen LogP contribution in [0.15, 0.2) is 30.3 Å². The molecule has 4 unspecified atom stereocenters. The molecular formula is C30H47N5O9. The second-order valence-electron chi connectivity index (χ2n) is 10.7. The molecule has 0 heterocycles. The number of aliphatic hydroxyl groups excluding tert-OH is 1. The molecule has 14 heteroatoms. The maximum absolute atomic E-state index is 12.9. The molecule has 4 amide bonds. The maximum Gasteiger partial charge on any atom is 0.417 e. The Morgan fingerprint density at radius 3 is 2.18 bits per heavy atom. The average Bonchev–Trinajstić information content (AvgIpc) is 3.02. The number of nitrogens with zero attached hydrogens (tertiary/aromatic N) is 1. The molecule has 0 fully saturated rings. The van der Waals surface area contributed by atoms with Gasteiger partial charge in [-0.2, -0.15) is 0 Å². The molecule has 14 nitrogen and oxygen atoms in total. The third-order valence-electron chi connectivity index (χ3n) is 7.09. The van der Waals surface area contributed by atoms with Crippen LogP contribution in [0.2, 0.25) is 0 Å². The number of nitrogens with two attached hydrogens (primary N) is 2. The Labute approximate surface area is 258 Å². The van der Waals surface area contributed by atoms with Crippen LogP contribution in [-0.4, -0.2) is 97.1 Å². The topological polar surface area (TPSA) is 220 Å². The van der Waals surface area contributed by atoms with Crippen LogP contribution in [0.4, 0.5) is 4.79 Å². The fourth-order valence-electron chi connectivity index (χ4n) is 4.20. The van der Waals surface area contributed by atoms with E-state index in [1.54, 1.807) is 0 Å². The summed E-state index contributed by atoms with van der Waals surface area (Å²) in [5, 5.41) is 14.7. The smallest absolute Gasteiger partial charge is 0.417 e. The number of carbonyl (C=O) groups excluding carboxylic acids is 6.